The molecule has 176 valence electrons. The van der Waals surface area contributed by atoms with Crippen LogP contribution < -0.4 is 5.56 Å². The average molecular weight is 474 g/mol. The van der Waals surface area contributed by atoms with E-state index in [0.29, 0.717) is 42.2 Å². The molecule has 0 spiro atoms. The van der Waals surface area contributed by atoms with Gasteiger partial charge in [0.15, 0.2) is 0 Å². The molecule has 2 aromatic carbocycles. The van der Waals surface area contributed by atoms with Crippen LogP contribution in [0.4, 0.5) is 0 Å². The Morgan fingerprint density at radius 1 is 1.00 bits per heavy atom. The predicted molar refractivity (Wildman–Crippen MR) is 139 cm³/mol. The molecule has 4 aromatic rings. The summed E-state index contributed by atoms with van der Waals surface area (Å²) in [4.78, 5) is 34.9. The highest BCUT2D eigenvalue weighted by atomic mass is 32.1. The van der Waals surface area contributed by atoms with Gasteiger partial charge in [0.05, 0.1) is 29.9 Å². The number of amides is 1. The van der Waals surface area contributed by atoms with Crippen LogP contribution in [0.3, 0.4) is 0 Å². The lowest BCUT2D eigenvalue weighted by Crippen LogP contribution is -2.39. The van der Waals surface area contributed by atoms with Crippen LogP contribution in [0, 0.1) is 5.92 Å². The third-order valence-corrected chi connectivity index (χ3v) is 6.97. The summed E-state index contributed by atoms with van der Waals surface area (Å²) in [6, 6.07) is 21.0. The summed E-state index contributed by atoms with van der Waals surface area (Å²) in [5, 5.41) is 2.58. The van der Waals surface area contributed by atoms with E-state index in [-0.39, 0.29) is 17.5 Å². The maximum absolute atomic E-state index is 13.6. The molecule has 1 atom stereocenters. The van der Waals surface area contributed by atoms with Gasteiger partial charge in [-0.1, -0.05) is 62.4 Å². The Bertz CT molecular complexity index is 1300. The predicted octanol–water partition coefficient (Wildman–Crippen LogP) is 5.68. The summed E-state index contributed by atoms with van der Waals surface area (Å²) in [5.74, 6) is 1.14. The Morgan fingerprint density at radius 2 is 1.74 bits per heavy atom. The van der Waals surface area contributed by atoms with E-state index < -0.39 is 0 Å². The van der Waals surface area contributed by atoms with Crippen molar-refractivity contribution in [2.45, 2.75) is 46.2 Å². The maximum atomic E-state index is 13.6. The summed E-state index contributed by atoms with van der Waals surface area (Å²) in [5.41, 5.74) is 1.60. The van der Waals surface area contributed by atoms with Crippen molar-refractivity contribution in [2.24, 2.45) is 5.92 Å². The second-order valence-corrected chi connectivity index (χ2v) is 10.1. The first-order valence-electron chi connectivity index (χ1n) is 11.8. The van der Waals surface area contributed by atoms with Crippen LogP contribution in [-0.4, -0.2) is 26.9 Å². The van der Waals surface area contributed by atoms with Crippen LogP contribution >= 0.6 is 11.3 Å². The van der Waals surface area contributed by atoms with E-state index in [9.17, 15) is 9.59 Å². The number of hydrogen-bond donors (Lipinski definition) is 0. The first-order chi connectivity index (χ1) is 16.4. The number of thiophene rings is 1. The number of fused-ring (bicyclic) bond motifs is 1. The van der Waals surface area contributed by atoms with Crippen LogP contribution in [0.2, 0.25) is 0 Å². The Hall–Kier alpha value is -3.25. The van der Waals surface area contributed by atoms with Gasteiger partial charge in [-0.2, -0.15) is 0 Å². The molecule has 34 heavy (non-hydrogen) atoms. The van der Waals surface area contributed by atoms with Crippen LogP contribution in [0.15, 0.2) is 76.9 Å². The Balaban J connectivity index is 1.78. The quantitative estimate of drug-likeness (QED) is 0.314. The van der Waals surface area contributed by atoms with Crippen LogP contribution in [0.25, 0.3) is 10.9 Å². The van der Waals surface area contributed by atoms with Crippen molar-refractivity contribution in [3.05, 3.63) is 98.7 Å². The van der Waals surface area contributed by atoms with Crippen molar-refractivity contribution in [1.29, 1.82) is 0 Å². The lowest BCUT2D eigenvalue weighted by Gasteiger charge is -2.31. The summed E-state index contributed by atoms with van der Waals surface area (Å²) < 4.78 is 1.74. The number of benzene rings is 2. The number of carbonyl (C=O) groups is 1. The molecule has 0 N–H and O–H groups in total. The van der Waals surface area contributed by atoms with E-state index in [0.717, 1.165) is 16.9 Å². The molecule has 0 aliphatic rings. The first kappa shape index (κ1) is 23.9. The fraction of sp³-hybridized carbons (Fsp3) is 0.321. The molecule has 1 unspecified atom stereocenters. The van der Waals surface area contributed by atoms with Gasteiger partial charge in [-0.05, 0) is 48.4 Å². The molecule has 6 heteroatoms. The minimum absolute atomic E-state index is 0.0595. The number of para-hydroxylation sites is 1. The summed E-state index contributed by atoms with van der Waals surface area (Å²) in [7, 11) is 0. The van der Waals surface area contributed by atoms with Crippen molar-refractivity contribution in [2.75, 3.05) is 6.54 Å². The zero-order valence-corrected chi connectivity index (χ0v) is 20.8. The molecule has 0 bridgehead atoms. The van der Waals surface area contributed by atoms with Gasteiger partial charge < -0.3 is 4.90 Å². The van der Waals surface area contributed by atoms with Crippen LogP contribution in [-0.2, 0) is 17.8 Å². The van der Waals surface area contributed by atoms with Gasteiger partial charge in [0.2, 0.25) is 5.91 Å². The van der Waals surface area contributed by atoms with E-state index in [1.54, 1.807) is 15.9 Å². The smallest absolute Gasteiger partial charge is 0.261 e. The van der Waals surface area contributed by atoms with E-state index in [1.807, 2.05) is 83.9 Å². The molecule has 0 fully saturated rings. The van der Waals surface area contributed by atoms with Crippen LogP contribution in [0.1, 0.15) is 49.5 Å². The molecular formula is C28H31N3O2S. The normalized spacial score (nSPS) is 12.2. The lowest BCUT2D eigenvalue weighted by atomic mass is 10.1. The van der Waals surface area contributed by atoms with Crippen molar-refractivity contribution in [3.63, 3.8) is 0 Å². The van der Waals surface area contributed by atoms with Gasteiger partial charge in [0, 0.05) is 11.4 Å². The van der Waals surface area contributed by atoms with E-state index in [4.69, 9.17) is 4.98 Å². The molecule has 0 aliphatic heterocycles. The molecule has 0 saturated carbocycles. The minimum Gasteiger partial charge on any atom is -0.332 e. The average Bonchev–Trinajstić information content (AvgIpc) is 3.34. The molecule has 5 nitrogen and oxygen atoms in total. The Kier molecular flexibility index (Phi) is 7.58. The third-order valence-electron chi connectivity index (χ3n) is 6.09. The monoisotopic (exact) mass is 473 g/mol. The largest absolute Gasteiger partial charge is 0.332 e. The van der Waals surface area contributed by atoms with Gasteiger partial charge in [-0.25, -0.2) is 4.98 Å². The number of rotatable bonds is 9. The third kappa shape index (κ3) is 5.45. The van der Waals surface area contributed by atoms with E-state index in [1.165, 1.54) is 0 Å². The second kappa shape index (κ2) is 10.8. The van der Waals surface area contributed by atoms with Gasteiger partial charge in [-0.15, -0.1) is 11.3 Å². The van der Waals surface area contributed by atoms with Crippen molar-refractivity contribution >= 4 is 28.1 Å². The summed E-state index contributed by atoms with van der Waals surface area (Å²) in [6.45, 7) is 7.34. The zero-order chi connectivity index (χ0) is 24.1. The summed E-state index contributed by atoms with van der Waals surface area (Å²) >= 11 is 1.59. The SMILES string of the molecule is CC(C)CCN(C(=O)Cc1cccs1)C(C)c1nc2ccccc2c(=O)n1Cc1ccccc1. The highest BCUT2D eigenvalue weighted by molar-refractivity contribution is 7.10. The van der Waals surface area contributed by atoms with Crippen LogP contribution in [0.5, 0.6) is 0 Å². The van der Waals surface area contributed by atoms with E-state index >= 15 is 0 Å². The fourth-order valence-electron chi connectivity index (χ4n) is 4.16. The highest BCUT2D eigenvalue weighted by Gasteiger charge is 2.26. The highest BCUT2D eigenvalue weighted by Crippen LogP contribution is 2.24. The van der Waals surface area contributed by atoms with Gasteiger partial charge in [-0.3, -0.25) is 14.2 Å². The van der Waals surface area contributed by atoms with Crippen molar-refractivity contribution in [1.82, 2.24) is 14.5 Å². The lowest BCUT2D eigenvalue weighted by molar-refractivity contribution is -0.133. The van der Waals surface area contributed by atoms with Crippen molar-refractivity contribution in [3.8, 4) is 0 Å². The van der Waals surface area contributed by atoms with E-state index in [2.05, 4.69) is 13.8 Å². The number of nitrogens with zero attached hydrogens (tertiary/aromatic N) is 3. The number of carbonyl (C=O) groups excluding carboxylic acids is 1. The Labute approximate surface area is 204 Å². The molecule has 1 amide bonds. The van der Waals surface area contributed by atoms with Gasteiger partial charge in [0.25, 0.3) is 5.56 Å². The number of hydrogen-bond acceptors (Lipinski definition) is 4. The second-order valence-electron chi connectivity index (χ2n) is 9.07. The topological polar surface area (TPSA) is 55.2 Å². The molecular weight excluding hydrogens is 442 g/mol. The summed E-state index contributed by atoms with van der Waals surface area (Å²) in [6.07, 6.45) is 1.24. The molecule has 0 radical (unpaired) electrons. The molecule has 2 heterocycles. The molecule has 4 rings (SSSR count). The Morgan fingerprint density at radius 3 is 2.44 bits per heavy atom. The molecule has 2 aromatic heterocycles. The fourth-order valence-corrected chi connectivity index (χ4v) is 4.85. The minimum atomic E-state index is -0.341. The standard InChI is InChI=1S/C28H31N3O2S/c1-20(2)15-16-30(26(32)18-23-12-9-17-34-23)21(3)27-29-25-14-8-7-13-24(25)28(33)31(27)19-22-10-5-4-6-11-22/h4-14,17,20-21H,15-16,18-19H2,1-3H3. The molecule has 0 aliphatic carbocycles. The zero-order valence-electron chi connectivity index (χ0n) is 20.0. The maximum Gasteiger partial charge on any atom is 0.261 e. The van der Waals surface area contributed by atoms with Gasteiger partial charge >= 0.3 is 0 Å². The van der Waals surface area contributed by atoms with Gasteiger partial charge in [0.1, 0.15) is 5.82 Å². The molecule has 0 saturated heterocycles. The van der Waals surface area contributed by atoms with Crippen molar-refractivity contribution < 1.29 is 4.79 Å². The first-order valence-corrected chi connectivity index (χ1v) is 12.7. The number of aromatic nitrogens is 2.